The summed E-state index contributed by atoms with van der Waals surface area (Å²) in [6.07, 6.45) is -0.124. The van der Waals surface area contributed by atoms with Crippen molar-refractivity contribution in [2.45, 2.75) is 24.3 Å². The summed E-state index contributed by atoms with van der Waals surface area (Å²) < 4.78 is 37.3. The van der Waals surface area contributed by atoms with Crippen LogP contribution < -0.4 is 14.2 Å². The average molecular weight is 365 g/mol. The Kier molecular flexibility index (Phi) is 6.81. The summed E-state index contributed by atoms with van der Waals surface area (Å²) in [5.74, 6) is 1.27. The average Bonchev–Trinajstić information content (AvgIpc) is 2.65. The quantitative estimate of drug-likeness (QED) is 0.710. The van der Waals surface area contributed by atoms with Gasteiger partial charge >= 0.3 is 0 Å². The van der Waals surface area contributed by atoms with E-state index in [-0.39, 0.29) is 18.0 Å². The van der Waals surface area contributed by atoms with Crippen LogP contribution in [0.4, 0.5) is 0 Å². The van der Waals surface area contributed by atoms with Crippen LogP contribution in [0.25, 0.3) is 0 Å². The molecular weight excluding hydrogens is 342 g/mol. The molecule has 2 aromatic rings. The highest BCUT2D eigenvalue weighted by atomic mass is 32.2. The molecule has 0 saturated heterocycles. The van der Waals surface area contributed by atoms with Crippen LogP contribution >= 0.6 is 0 Å². The molecule has 2 N–H and O–H groups in total. The first-order chi connectivity index (χ1) is 11.9. The van der Waals surface area contributed by atoms with Gasteiger partial charge in [-0.25, -0.2) is 13.1 Å². The summed E-state index contributed by atoms with van der Waals surface area (Å²) in [6, 6.07) is 13.6. The molecule has 0 heterocycles. The number of aliphatic hydroxyl groups is 1. The summed E-state index contributed by atoms with van der Waals surface area (Å²) in [5.41, 5.74) is 1.06. The van der Waals surface area contributed by atoms with E-state index in [4.69, 9.17) is 9.47 Å². The molecule has 0 radical (unpaired) electrons. The molecule has 0 bridgehead atoms. The molecule has 25 heavy (non-hydrogen) atoms. The van der Waals surface area contributed by atoms with Crippen molar-refractivity contribution < 1.29 is 23.0 Å². The Morgan fingerprint density at radius 3 is 2.20 bits per heavy atom. The second-order valence-corrected chi connectivity index (χ2v) is 7.26. The van der Waals surface area contributed by atoms with Crippen LogP contribution in [0.15, 0.2) is 53.4 Å². The van der Waals surface area contributed by atoms with E-state index in [0.29, 0.717) is 11.5 Å². The fraction of sp³-hybridized carbons (Fsp3) is 0.333. The summed E-state index contributed by atoms with van der Waals surface area (Å²) in [5, 5.41) is 9.93. The Morgan fingerprint density at radius 2 is 1.64 bits per heavy atom. The zero-order valence-electron chi connectivity index (χ0n) is 14.3. The van der Waals surface area contributed by atoms with Gasteiger partial charge in [-0.05, 0) is 48.4 Å². The number of benzene rings is 2. The SMILES string of the molecule is CCc1ccc(S(=O)(=O)NC[C@@H](O)COc2ccc(OC)cc2)cc1. The Hall–Kier alpha value is -2.09. The molecule has 0 saturated carbocycles. The van der Waals surface area contributed by atoms with Gasteiger partial charge in [0.05, 0.1) is 12.0 Å². The van der Waals surface area contributed by atoms with Crippen LogP contribution in [0.2, 0.25) is 0 Å². The van der Waals surface area contributed by atoms with Gasteiger partial charge in [0.25, 0.3) is 0 Å². The number of hydrogen-bond acceptors (Lipinski definition) is 5. The number of ether oxygens (including phenoxy) is 2. The third-order valence-corrected chi connectivity index (χ3v) is 5.09. The minimum absolute atomic E-state index is 0.0242. The van der Waals surface area contributed by atoms with Crippen LogP contribution in [0.5, 0.6) is 11.5 Å². The highest BCUT2D eigenvalue weighted by Crippen LogP contribution is 2.17. The molecule has 2 aromatic carbocycles. The molecular formula is C18H23NO5S. The van der Waals surface area contributed by atoms with Crippen molar-refractivity contribution in [3.05, 3.63) is 54.1 Å². The third-order valence-electron chi connectivity index (χ3n) is 3.65. The summed E-state index contributed by atoms with van der Waals surface area (Å²) in [7, 11) is -2.08. The van der Waals surface area contributed by atoms with Crippen LogP contribution in [-0.2, 0) is 16.4 Å². The lowest BCUT2D eigenvalue weighted by molar-refractivity contribution is 0.111. The number of methoxy groups -OCH3 is 1. The molecule has 0 aromatic heterocycles. The van der Waals surface area contributed by atoms with Gasteiger partial charge in [-0.3, -0.25) is 0 Å². The van der Waals surface area contributed by atoms with Gasteiger partial charge in [0, 0.05) is 6.54 Å². The maximum Gasteiger partial charge on any atom is 0.240 e. The fourth-order valence-corrected chi connectivity index (χ4v) is 3.19. The van der Waals surface area contributed by atoms with E-state index in [1.54, 1.807) is 55.6 Å². The van der Waals surface area contributed by atoms with E-state index < -0.39 is 16.1 Å². The largest absolute Gasteiger partial charge is 0.497 e. The molecule has 1 atom stereocenters. The number of nitrogens with one attached hydrogen (secondary N) is 1. The molecule has 6 nitrogen and oxygen atoms in total. The first kappa shape index (κ1) is 19.2. The fourth-order valence-electron chi connectivity index (χ4n) is 2.12. The maximum absolute atomic E-state index is 12.2. The van der Waals surface area contributed by atoms with E-state index >= 15 is 0 Å². The second-order valence-electron chi connectivity index (χ2n) is 5.49. The van der Waals surface area contributed by atoms with Crippen molar-refractivity contribution in [2.75, 3.05) is 20.3 Å². The second kappa shape index (κ2) is 8.84. The Labute approximate surface area is 148 Å². The number of rotatable bonds is 9. The summed E-state index contributed by atoms with van der Waals surface area (Å²) >= 11 is 0. The molecule has 0 aliphatic rings. The molecule has 136 valence electrons. The van der Waals surface area contributed by atoms with Gasteiger partial charge in [0.1, 0.15) is 24.2 Å². The third kappa shape index (κ3) is 5.74. The van der Waals surface area contributed by atoms with Gasteiger partial charge in [-0.15, -0.1) is 0 Å². The molecule has 0 spiro atoms. The van der Waals surface area contributed by atoms with Gasteiger partial charge in [0.15, 0.2) is 0 Å². The van der Waals surface area contributed by atoms with E-state index in [1.165, 1.54) is 0 Å². The smallest absolute Gasteiger partial charge is 0.240 e. The van der Waals surface area contributed by atoms with Crippen molar-refractivity contribution >= 4 is 10.0 Å². The summed E-state index contributed by atoms with van der Waals surface area (Å²) in [4.78, 5) is 0.174. The van der Waals surface area contributed by atoms with E-state index in [2.05, 4.69) is 4.72 Å². The van der Waals surface area contributed by atoms with Crippen LogP contribution in [0, 0.1) is 0 Å². The highest BCUT2D eigenvalue weighted by Gasteiger charge is 2.16. The van der Waals surface area contributed by atoms with Crippen LogP contribution in [-0.4, -0.2) is 39.9 Å². The van der Waals surface area contributed by atoms with E-state index in [1.807, 2.05) is 6.92 Å². The lowest BCUT2D eigenvalue weighted by Crippen LogP contribution is -2.35. The van der Waals surface area contributed by atoms with Gasteiger partial charge in [-0.1, -0.05) is 19.1 Å². The topological polar surface area (TPSA) is 84.9 Å². The highest BCUT2D eigenvalue weighted by molar-refractivity contribution is 7.89. The van der Waals surface area contributed by atoms with Crippen molar-refractivity contribution in [3.8, 4) is 11.5 Å². The number of hydrogen-bond donors (Lipinski definition) is 2. The van der Waals surface area contributed by atoms with Crippen molar-refractivity contribution in [3.63, 3.8) is 0 Å². The molecule has 7 heteroatoms. The molecule has 2 rings (SSSR count). The van der Waals surface area contributed by atoms with Crippen LogP contribution in [0.1, 0.15) is 12.5 Å². The number of aryl methyl sites for hydroxylation is 1. The monoisotopic (exact) mass is 365 g/mol. The molecule has 0 aliphatic carbocycles. The van der Waals surface area contributed by atoms with Crippen molar-refractivity contribution in [1.82, 2.24) is 4.72 Å². The predicted molar refractivity (Wildman–Crippen MR) is 95.5 cm³/mol. The van der Waals surface area contributed by atoms with E-state index in [0.717, 1.165) is 12.0 Å². The van der Waals surface area contributed by atoms with E-state index in [9.17, 15) is 13.5 Å². The Balaban J connectivity index is 1.84. The maximum atomic E-state index is 12.2. The standard InChI is InChI=1S/C18H23NO5S/c1-3-14-4-10-18(11-5-14)25(21,22)19-12-15(20)13-24-17-8-6-16(23-2)7-9-17/h4-11,15,19-20H,3,12-13H2,1-2H3/t15-/m1/s1. The molecule has 0 unspecified atom stereocenters. The Bertz CT molecular complexity index is 757. The van der Waals surface area contributed by atoms with Crippen molar-refractivity contribution in [1.29, 1.82) is 0 Å². The molecule has 0 fully saturated rings. The van der Waals surface area contributed by atoms with Gasteiger partial charge in [-0.2, -0.15) is 0 Å². The van der Waals surface area contributed by atoms with Crippen LogP contribution in [0.3, 0.4) is 0 Å². The predicted octanol–water partition coefficient (Wildman–Crippen LogP) is 1.98. The van der Waals surface area contributed by atoms with Crippen molar-refractivity contribution in [2.24, 2.45) is 0 Å². The lowest BCUT2D eigenvalue weighted by Gasteiger charge is -2.14. The number of aliphatic hydroxyl groups excluding tert-OH is 1. The first-order valence-corrected chi connectivity index (χ1v) is 9.46. The zero-order chi connectivity index (χ0) is 18.3. The first-order valence-electron chi connectivity index (χ1n) is 7.98. The lowest BCUT2D eigenvalue weighted by atomic mass is 10.2. The minimum atomic E-state index is -3.65. The van der Waals surface area contributed by atoms with Gasteiger partial charge in [0.2, 0.25) is 10.0 Å². The normalized spacial score (nSPS) is 12.6. The zero-order valence-corrected chi connectivity index (χ0v) is 15.1. The molecule has 0 aliphatic heterocycles. The van der Waals surface area contributed by atoms with Gasteiger partial charge < -0.3 is 14.6 Å². The number of sulfonamides is 1. The molecule has 0 amide bonds. The Morgan fingerprint density at radius 1 is 1.04 bits per heavy atom. The minimum Gasteiger partial charge on any atom is -0.497 e. The summed E-state index contributed by atoms with van der Waals surface area (Å²) in [6.45, 7) is 1.85.